The van der Waals surface area contributed by atoms with Gasteiger partial charge in [-0.15, -0.1) is 0 Å². The lowest BCUT2D eigenvalue weighted by Crippen LogP contribution is -1.92. The Kier molecular flexibility index (Phi) is 3.42. The number of nitrogens with one attached hydrogen (secondary N) is 1. The summed E-state index contributed by atoms with van der Waals surface area (Å²) in [6, 6.07) is 41.5. The van der Waals surface area contributed by atoms with Gasteiger partial charge in [0, 0.05) is 38.1 Å². The van der Waals surface area contributed by atoms with Crippen molar-refractivity contribution < 1.29 is 0 Å². The summed E-state index contributed by atoms with van der Waals surface area (Å²) < 4.78 is 2.40. The highest BCUT2D eigenvalue weighted by Crippen LogP contribution is 2.44. The van der Waals surface area contributed by atoms with Crippen molar-refractivity contribution in [3.8, 4) is 5.69 Å². The van der Waals surface area contributed by atoms with Crippen LogP contribution in [0.2, 0.25) is 0 Å². The Hall–Kier alpha value is -4.56. The van der Waals surface area contributed by atoms with Gasteiger partial charge in [0.1, 0.15) is 0 Å². The molecule has 34 heavy (non-hydrogen) atoms. The van der Waals surface area contributed by atoms with E-state index < -0.39 is 0 Å². The summed E-state index contributed by atoms with van der Waals surface area (Å²) in [5.41, 5.74) is 6.05. The first kappa shape index (κ1) is 17.9. The smallest absolute Gasteiger partial charge is 0.0551 e. The van der Waals surface area contributed by atoms with Crippen molar-refractivity contribution >= 4 is 65.2 Å². The largest absolute Gasteiger partial charge is 0.354 e. The van der Waals surface area contributed by atoms with Crippen molar-refractivity contribution in [2.75, 3.05) is 0 Å². The number of nitrogens with zero attached hydrogens (tertiary/aromatic N) is 1. The van der Waals surface area contributed by atoms with Crippen LogP contribution < -0.4 is 0 Å². The number of para-hydroxylation sites is 2. The molecule has 2 heterocycles. The molecular formula is C32H20N2. The topological polar surface area (TPSA) is 20.7 Å². The summed E-state index contributed by atoms with van der Waals surface area (Å²) in [7, 11) is 0. The van der Waals surface area contributed by atoms with E-state index in [2.05, 4.69) is 125 Å². The molecule has 0 aliphatic carbocycles. The first-order chi connectivity index (χ1) is 16.9. The van der Waals surface area contributed by atoms with Crippen LogP contribution in [0.3, 0.4) is 0 Å². The monoisotopic (exact) mass is 432 g/mol. The molecule has 0 saturated carbocycles. The molecule has 8 aromatic rings. The number of hydrogen-bond donors (Lipinski definition) is 1. The standard InChI is InChI=1S/C32H20N2/c1-2-10-20(11-3-1)34-27-17-9-8-16-25(27)29-28(34)19-18-26-31(29)30-23-14-6-4-12-21(23)22-13-5-7-15-24(22)32(30)33-26/h1-19,33H. The zero-order valence-corrected chi connectivity index (χ0v) is 18.4. The van der Waals surface area contributed by atoms with Crippen molar-refractivity contribution in [3.05, 3.63) is 115 Å². The second-order valence-electron chi connectivity index (χ2n) is 9.04. The van der Waals surface area contributed by atoms with Crippen LogP contribution in [0.5, 0.6) is 0 Å². The molecule has 0 unspecified atom stereocenters. The van der Waals surface area contributed by atoms with Gasteiger partial charge in [0.25, 0.3) is 0 Å². The van der Waals surface area contributed by atoms with Crippen LogP contribution in [-0.2, 0) is 0 Å². The van der Waals surface area contributed by atoms with Gasteiger partial charge in [0.05, 0.1) is 16.6 Å². The maximum absolute atomic E-state index is 3.81. The molecule has 0 saturated heterocycles. The van der Waals surface area contributed by atoms with E-state index in [0.717, 1.165) is 0 Å². The zero-order valence-electron chi connectivity index (χ0n) is 18.4. The SMILES string of the molecule is c1ccc(-n2c3ccccc3c3c4c(ccc32)[nH]c2c3ccccc3c3ccccc3c24)cc1. The molecule has 0 spiro atoms. The van der Waals surface area contributed by atoms with Crippen molar-refractivity contribution in [1.29, 1.82) is 0 Å². The van der Waals surface area contributed by atoms with Gasteiger partial charge in [0.2, 0.25) is 0 Å². The van der Waals surface area contributed by atoms with Crippen molar-refractivity contribution in [1.82, 2.24) is 9.55 Å². The van der Waals surface area contributed by atoms with E-state index in [4.69, 9.17) is 0 Å². The lowest BCUT2D eigenvalue weighted by atomic mass is 9.95. The van der Waals surface area contributed by atoms with E-state index >= 15 is 0 Å². The minimum atomic E-state index is 1.18. The quantitative estimate of drug-likeness (QED) is 0.250. The molecule has 0 bridgehead atoms. The van der Waals surface area contributed by atoms with Crippen LogP contribution in [0.25, 0.3) is 70.8 Å². The summed E-state index contributed by atoms with van der Waals surface area (Å²) in [6.45, 7) is 0. The molecule has 8 rings (SSSR count). The number of aromatic nitrogens is 2. The molecule has 158 valence electrons. The Balaban J connectivity index is 1.70. The number of rotatable bonds is 1. The molecule has 0 radical (unpaired) electrons. The molecule has 0 fully saturated rings. The predicted molar refractivity (Wildman–Crippen MR) is 145 cm³/mol. The number of fused-ring (bicyclic) bond motifs is 12. The van der Waals surface area contributed by atoms with Crippen LogP contribution in [0.15, 0.2) is 115 Å². The van der Waals surface area contributed by atoms with Crippen molar-refractivity contribution in [3.63, 3.8) is 0 Å². The summed E-state index contributed by atoms with van der Waals surface area (Å²) >= 11 is 0. The van der Waals surface area contributed by atoms with Gasteiger partial charge in [-0.2, -0.15) is 0 Å². The first-order valence-corrected chi connectivity index (χ1v) is 11.7. The van der Waals surface area contributed by atoms with Gasteiger partial charge in [-0.05, 0) is 46.5 Å². The van der Waals surface area contributed by atoms with Crippen LogP contribution in [0.1, 0.15) is 0 Å². The Morgan fingerprint density at radius 3 is 1.82 bits per heavy atom. The third-order valence-electron chi connectivity index (χ3n) is 7.30. The van der Waals surface area contributed by atoms with E-state index in [9.17, 15) is 0 Å². The zero-order chi connectivity index (χ0) is 22.2. The average molecular weight is 433 g/mol. The fraction of sp³-hybridized carbons (Fsp3) is 0. The van der Waals surface area contributed by atoms with Crippen molar-refractivity contribution in [2.24, 2.45) is 0 Å². The number of benzene rings is 6. The summed E-state index contributed by atoms with van der Waals surface area (Å²) in [5.74, 6) is 0. The highest BCUT2D eigenvalue weighted by atomic mass is 15.0. The van der Waals surface area contributed by atoms with Gasteiger partial charge in [-0.1, -0.05) is 84.9 Å². The fourth-order valence-corrected chi connectivity index (χ4v) is 5.95. The third kappa shape index (κ3) is 2.20. The molecule has 0 atom stereocenters. The van der Waals surface area contributed by atoms with Crippen LogP contribution in [0, 0.1) is 0 Å². The number of H-pyrrole nitrogens is 1. The predicted octanol–water partition coefficient (Wildman–Crippen LogP) is 8.72. The highest BCUT2D eigenvalue weighted by molar-refractivity contribution is 6.37. The molecule has 6 aromatic carbocycles. The van der Waals surface area contributed by atoms with E-state index in [1.54, 1.807) is 0 Å². The molecule has 0 aliphatic rings. The molecule has 0 amide bonds. The lowest BCUT2D eigenvalue weighted by Gasteiger charge is -2.08. The Morgan fingerprint density at radius 1 is 0.412 bits per heavy atom. The Bertz CT molecular complexity index is 2060. The van der Waals surface area contributed by atoms with Gasteiger partial charge < -0.3 is 9.55 Å². The van der Waals surface area contributed by atoms with Crippen LogP contribution in [0.4, 0.5) is 0 Å². The van der Waals surface area contributed by atoms with Gasteiger partial charge >= 0.3 is 0 Å². The first-order valence-electron chi connectivity index (χ1n) is 11.7. The fourth-order valence-electron chi connectivity index (χ4n) is 5.95. The normalized spacial score (nSPS) is 12.1. The van der Waals surface area contributed by atoms with Gasteiger partial charge in [0.15, 0.2) is 0 Å². The maximum atomic E-state index is 3.81. The van der Waals surface area contributed by atoms with E-state index in [0.29, 0.717) is 0 Å². The molecule has 2 nitrogen and oxygen atoms in total. The summed E-state index contributed by atoms with van der Waals surface area (Å²) in [5, 5.41) is 10.4. The van der Waals surface area contributed by atoms with Crippen LogP contribution in [-0.4, -0.2) is 9.55 Å². The molecule has 1 N–H and O–H groups in total. The van der Waals surface area contributed by atoms with Gasteiger partial charge in [-0.3, -0.25) is 0 Å². The maximum Gasteiger partial charge on any atom is 0.0551 e. The lowest BCUT2D eigenvalue weighted by molar-refractivity contribution is 1.18. The molecule has 0 aliphatic heterocycles. The molecular weight excluding hydrogens is 412 g/mol. The highest BCUT2D eigenvalue weighted by Gasteiger charge is 2.19. The van der Waals surface area contributed by atoms with Gasteiger partial charge in [-0.25, -0.2) is 0 Å². The molecule has 2 heteroatoms. The van der Waals surface area contributed by atoms with Crippen LogP contribution >= 0.6 is 0 Å². The average Bonchev–Trinajstić information content (AvgIpc) is 3.46. The minimum Gasteiger partial charge on any atom is -0.354 e. The minimum absolute atomic E-state index is 1.18. The third-order valence-corrected chi connectivity index (χ3v) is 7.30. The summed E-state index contributed by atoms with van der Waals surface area (Å²) in [6.07, 6.45) is 0. The summed E-state index contributed by atoms with van der Waals surface area (Å²) in [4.78, 5) is 3.81. The van der Waals surface area contributed by atoms with E-state index in [1.165, 1.54) is 70.8 Å². The second kappa shape index (κ2) is 6.49. The Morgan fingerprint density at radius 2 is 1.03 bits per heavy atom. The number of hydrogen-bond acceptors (Lipinski definition) is 0. The van der Waals surface area contributed by atoms with Crippen molar-refractivity contribution in [2.45, 2.75) is 0 Å². The Labute approximate surface area is 195 Å². The molecule has 2 aromatic heterocycles. The van der Waals surface area contributed by atoms with E-state index in [-0.39, 0.29) is 0 Å². The number of aromatic amines is 1. The second-order valence-corrected chi connectivity index (χ2v) is 9.04. The van der Waals surface area contributed by atoms with E-state index in [1.807, 2.05) is 0 Å².